The fraction of sp³-hybridized carbons (Fsp3) is 0.0625. The van der Waals surface area contributed by atoms with Crippen LogP contribution in [0.25, 0.3) is 11.0 Å². The van der Waals surface area contributed by atoms with Crippen LogP contribution in [0.3, 0.4) is 0 Å². The van der Waals surface area contributed by atoms with Gasteiger partial charge in [0.25, 0.3) is 0 Å². The molecule has 0 N–H and O–H groups in total. The molecule has 3 aromatic rings. The molecule has 1 aromatic heterocycles. The first-order valence-electron chi connectivity index (χ1n) is 6.08. The zero-order chi connectivity index (χ0) is 14.1. The number of fused-ring (bicyclic) bond motifs is 1. The van der Waals surface area contributed by atoms with E-state index in [0.717, 1.165) is 10.9 Å². The Hall–Kier alpha value is -1.77. The van der Waals surface area contributed by atoms with E-state index in [9.17, 15) is 4.79 Å². The summed E-state index contributed by atoms with van der Waals surface area (Å²) >= 11 is 11.9. The Morgan fingerprint density at radius 2 is 1.90 bits per heavy atom. The molecule has 0 atom stereocenters. The van der Waals surface area contributed by atoms with Crippen molar-refractivity contribution in [3.8, 4) is 0 Å². The van der Waals surface area contributed by atoms with Crippen molar-refractivity contribution >= 4 is 40.0 Å². The SMILES string of the molecule is O=C(Cc1ccc(Cl)cc1Cl)c1coc2ccccc12. The second kappa shape index (κ2) is 5.31. The molecule has 0 aliphatic rings. The number of hydrogen-bond acceptors (Lipinski definition) is 2. The third-order valence-corrected chi connectivity index (χ3v) is 3.73. The normalized spacial score (nSPS) is 10.9. The molecule has 0 fully saturated rings. The lowest BCUT2D eigenvalue weighted by Crippen LogP contribution is -2.03. The molecule has 0 aliphatic carbocycles. The molecule has 4 heteroatoms. The number of carbonyl (C=O) groups is 1. The van der Waals surface area contributed by atoms with Crippen molar-refractivity contribution in [1.82, 2.24) is 0 Å². The van der Waals surface area contributed by atoms with Crippen molar-refractivity contribution in [2.75, 3.05) is 0 Å². The number of furan rings is 1. The molecule has 0 amide bonds. The second-order valence-electron chi connectivity index (χ2n) is 4.48. The zero-order valence-corrected chi connectivity index (χ0v) is 11.9. The van der Waals surface area contributed by atoms with Crippen molar-refractivity contribution in [3.63, 3.8) is 0 Å². The fourth-order valence-electron chi connectivity index (χ4n) is 2.13. The molecular formula is C16H10Cl2O2. The first-order chi connectivity index (χ1) is 9.65. The summed E-state index contributed by atoms with van der Waals surface area (Å²) in [6.45, 7) is 0. The quantitative estimate of drug-likeness (QED) is 0.625. The van der Waals surface area contributed by atoms with E-state index in [2.05, 4.69) is 0 Å². The lowest BCUT2D eigenvalue weighted by atomic mass is 10.0. The molecule has 0 spiro atoms. The summed E-state index contributed by atoms with van der Waals surface area (Å²) in [5.74, 6) is -0.0285. The summed E-state index contributed by atoms with van der Waals surface area (Å²) in [6.07, 6.45) is 1.72. The van der Waals surface area contributed by atoms with Gasteiger partial charge in [0.05, 0.1) is 5.56 Å². The van der Waals surface area contributed by atoms with Crippen molar-refractivity contribution in [1.29, 1.82) is 0 Å². The lowest BCUT2D eigenvalue weighted by Gasteiger charge is -2.03. The monoisotopic (exact) mass is 304 g/mol. The number of halogens is 2. The summed E-state index contributed by atoms with van der Waals surface area (Å²) in [5.41, 5.74) is 2.04. The Bertz CT molecular complexity index is 790. The van der Waals surface area contributed by atoms with E-state index < -0.39 is 0 Å². The molecule has 0 saturated carbocycles. The van der Waals surface area contributed by atoms with E-state index in [0.29, 0.717) is 21.2 Å². The molecule has 1 heterocycles. The van der Waals surface area contributed by atoms with Gasteiger partial charge in [0.2, 0.25) is 0 Å². The standard InChI is InChI=1S/C16H10Cl2O2/c17-11-6-5-10(14(18)8-11)7-15(19)13-9-20-16-4-2-1-3-12(13)16/h1-6,8-9H,7H2. The molecule has 0 saturated heterocycles. The van der Waals surface area contributed by atoms with Gasteiger partial charge in [-0.1, -0.05) is 47.5 Å². The van der Waals surface area contributed by atoms with Gasteiger partial charge in [-0.05, 0) is 23.8 Å². The highest BCUT2D eigenvalue weighted by atomic mass is 35.5. The molecule has 3 rings (SSSR count). The van der Waals surface area contributed by atoms with Gasteiger partial charge in [-0.2, -0.15) is 0 Å². The van der Waals surface area contributed by atoms with E-state index >= 15 is 0 Å². The van der Waals surface area contributed by atoms with Crippen LogP contribution < -0.4 is 0 Å². The molecule has 0 aliphatic heterocycles. The predicted molar refractivity (Wildman–Crippen MR) is 80.7 cm³/mol. The van der Waals surface area contributed by atoms with Crippen molar-refractivity contribution in [2.45, 2.75) is 6.42 Å². The summed E-state index contributed by atoms with van der Waals surface area (Å²) in [5, 5.41) is 1.88. The highest BCUT2D eigenvalue weighted by molar-refractivity contribution is 6.35. The molecule has 2 nitrogen and oxygen atoms in total. The molecule has 20 heavy (non-hydrogen) atoms. The van der Waals surface area contributed by atoms with E-state index in [1.807, 2.05) is 24.3 Å². The minimum atomic E-state index is -0.0285. The van der Waals surface area contributed by atoms with Crippen LogP contribution >= 0.6 is 23.2 Å². The van der Waals surface area contributed by atoms with Crippen LogP contribution in [-0.2, 0) is 6.42 Å². The van der Waals surface area contributed by atoms with Crippen LogP contribution in [0, 0.1) is 0 Å². The minimum Gasteiger partial charge on any atom is -0.464 e. The maximum atomic E-state index is 12.4. The van der Waals surface area contributed by atoms with Crippen molar-refractivity contribution in [2.24, 2.45) is 0 Å². The average molecular weight is 305 g/mol. The van der Waals surface area contributed by atoms with Gasteiger partial charge in [-0.15, -0.1) is 0 Å². The Morgan fingerprint density at radius 3 is 2.70 bits per heavy atom. The van der Waals surface area contributed by atoms with Gasteiger partial charge >= 0.3 is 0 Å². The lowest BCUT2D eigenvalue weighted by molar-refractivity contribution is 0.0993. The first kappa shape index (κ1) is 13.2. The minimum absolute atomic E-state index is 0.0285. The van der Waals surface area contributed by atoms with E-state index in [1.54, 1.807) is 18.2 Å². The average Bonchev–Trinajstić information content (AvgIpc) is 2.86. The van der Waals surface area contributed by atoms with Crippen LogP contribution in [0.4, 0.5) is 0 Å². The molecule has 0 radical (unpaired) electrons. The van der Waals surface area contributed by atoms with Crippen LogP contribution in [0.2, 0.25) is 10.0 Å². The smallest absolute Gasteiger partial charge is 0.171 e. The summed E-state index contributed by atoms with van der Waals surface area (Å²) in [4.78, 5) is 12.4. The van der Waals surface area contributed by atoms with Gasteiger partial charge in [-0.3, -0.25) is 4.79 Å². The molecule has 0 bridgehead atoms. The molecule has 100 valence electrons. The first-order valence-corrected chi connectivity index (χ1v) is 6.84. The summed E-state index contributed by atoms with van der Waals surface area (Å²) < 4.78 is 5.38. The number of rotatable bonds is 3. The number of benzene rings is 2. The van der Waals surface area contributed by atoms with Crippen LogP contribution in [0.5, 0.6) is 0 Å². The van der Waals surface area contributed by atoms with Gasteiger partial charge in [0.15, 0.2) is 5.78 Å². The topological polar surface area (TPSA) is 30.2 Å². The number of para-hydroxylation sites is 1. The van der Waals surface area contributed by atoms with E-state index in [1.165, 1.54) is 6.26 Å². The maximum Gasteiger partial charge on any atom is 0.171 e. The Balaban J connectivity index is 1.93. The Labute approximate surface area is 125 Å². The van der Waals surface area contributed by atoms with Crippen molar-refractivity contribution < 1.29 is 9.21 Å². The zero-order valence-electron chi connectivity index (χ0n) is 10.4. The number of hydrogen-bond donors (Lipinski definition) is 0. The third-order valence-electron chi connectivity index (χ3n) is 3.15. The Morgan fingerprint density at radius 1 is 1.10 bits per heavy atom. The maximum absolute atomic E-state index is 12.4. The molecular weight excluding hydrogens is 295 g/mol. The van der Waals surface area contributed by atoms with Gasteiger partial charge in [0, 0.05) is 21.9 Å². The largest absolute Gasteiger partial charge is 0.464 e. The number of carbonyl (C=O) groups excluding carboxylic acids is 1. The van der Waals surface area contributed by atoms with Crippen molar-refractivity contribution in [3.05, 3.63) is 69.9 Å². The predicted octanol–water partition coefficient (Wildman–Crippen LogP) is 5.17. The van der Waals surface area contributed by atoms with E-state index in [-0.39, 0.29) is 12.2 Å². The van der Waals surface area contributed by atoms with Gasteiger partial charge in [-0.25, -0.2) is 0 Å². The Kier molecular flexibility index (Phi) is 3.51. The molecule has 0 unspecified atom stereocenters. The second-order valence-corrected chi connectivity index (χ2v) is 5.32. The number of Topliss-reactive ketones (excluding diaryl/α,β-unsaturated/α-hetero) is 1. The van der Waals surface area contributed by atoms with E-state index in [4.69, 9.17) is 27.6 Å². The fourth-order valence-corrected chi connectivity index (χ4v) is 2.60. The number of ketones is 1. The van der Waals surface area contributed by atoms with Gasteiger partial charge in [0.1, 0.15) is 11.8 Å². The highest BCUT2D eigenvalue weighted by Crippen LogP contribution is 2.25. The third kappa shape index (κ3) is 2.45. The van der Waals surface area contributed by atoms with Crippen LogP contribution in [0.15, 0.2) is 53.1 Å². The summed E-state index contributed by atoms with van der Waals surface area (Å²) in [7, 11) is 0. The highest BCUT2D eigenvalue weighted by Gasteiger charge is 2.15. The van der Waals surface area contributed by atoms with Crippen LogP contribution in [0.1, 0.15) is 15.9 Å². The summed E-state index contributed by atoms with van der Waals surface area (Å²) in [6, 6.07) is 12.6. The van der Waals surface area contributed by atoms with Crippen LogP contribution in [-0.4, -0.2) is 5.78 Å². The molecule has 2 aromatic carbocycles. The van der Waals surface area contributed by atoms with Gasteiger partial charge < -0.3 is 4.42 Å².